The summed E-state index contributed by atoms with van der Waals surface area (Å²) in [6, 6.07) is 13.2. The normalized spacial score (nSPS) is 10.2. The van der Waals surface area contributed by atoms with Crippen molar-refractivity contribution in [3.05, 3.63) is 72.6 Å². The van der Waals surface area contributed by atoms with Gasteiger partial charge in [0.25, 0.3) is 0 Å². The zero-order valence-electron chi connectivity index (χ0n) is 10.4. The van der Waals surface area contributed by atoms with Gasteiger partial charge < -0.3 is 4.57 Å². The van der Waals surface area contributed by atoms with Crippen molar-refractivity contribution < 1.29 is 4.79 Å². The molecule has 1 heterocycles. The molecule has 1 aromatic heterocycles. The molecule has 0 amide bonds. The van der Waals surface area contributed by atoms with Gasteiger partial charge in [-0.05, 0) is 25.0 Å². The Bertz CT molecular complexity index is 525. The first-order chi connectivity index (χ1) is 8.83. The quantitative estimate of drug-likeness (QED) is 0.428. The summed E-state index contributed by atoms with van der Waals surface area (Å²) in [5.74, 6) is 0.0826. The number of unbranched alkanes of at least 4 members (excludes halogenated alkanes) is 1. The number of hydrogen-bond donors (Lipinski definition) is 0. The third-order valence-corrected chi connectivity index (χ3v) is 2.91. The number of aromatic nitrogens is 1. The maximum atomic E-state index is 12.3. The molecule has 2 heteroatoms. The molecule has 0 bridgehead atoms. The van der Waals surface area contributed by atoms with Crippen LogP contribution in [0.1, 0.15) is 28.9 Å². The second kappa shape index (κ2) is 6.01. The first-order valence-electron chi connectivity index (χ1n) is 6.18. The molecule has 0 aliphatic heterocycles. The molecule has 2 aromatic rings. The molecule has 0 atom stereocenters. The zero-order valence-corrected chi connectivity index (χ0v) is 10.4. The minimum Gasteiger partial charge on any atom is -0.345 e. The molecule has 0 aliphatic carbocycles. The van der Waals surface area contributed by atoms with Gasteiger partial charge in [-0.2, -0.15) is 0 Å². The van der Waals surface area contributed by atoms with Gasteiger partial charge in [0.05, 0.1) is 5.69 Å². The summed E-state index contributed by atoms with van der Waals surface area (Å²) in [7, 11) is 0. The molecule has 1 aromatic carbocycles. The van der Waals surface area contributed by atoms with Gasteiger partial charge in [0.15, 0.2) is 0 Å². The smallest absolute Gasteiger partial charge is 0.209 e. The van der Waals surface area contributed by atoms with Crippen LogP contribution in [0.15, 0.2) is 61.3 Å². The number of nitrogens with zero attached hydrogens (tertiary/aromatic N) is 1. The largest absolute Gasteiger partial charge is 0.345 e. The molecule has 18 heavy (non-hydrogen) atoms. The lowest BCUT2D eigenvalue weighted by atomic mass is 10.1. The summed E-state index contributed by atoms with van der Waals surface area (Å²) in [6.45, 7) is 4.56. The average Bonchev–Trinajstić information content (AvgIpc) is 2.88. The van der Waals surface area contributed by atoms with Crippen LogP contribution in [0.4, 0.5) is 0 Å². The maximum absolute atomic E-state index is 12.3. The van der Waals surface area contributed by atoms with E-state index in [1.807, 2.05) is 59.3 Å². The van der Waals surface area contributed by atoms with Crippen molar-refractivity contribution in [2.75, 3.05) is 0 Å². The van der Waals surface area contributed by atoms with E-state index in [-0.39, 0.29) is 5.78 Å². The highest BCUT2D eigenvalue weighted by molar-refractivity contribution is 6.07. The van der Waals surface area contributed by atoms with Gasteiger partial charge >= 0.3 is 0 Å². The molecule has 0 unspecified atom stereocenters. The van der Waals surface area contributed by atoms with Crippen molar-refractivity contribution in [3.8, 4) is 0 Å². The maximum Gasteiger partial charge on any atom is 0.209 e. The Labute approximate surface area is 108 Å². The lowest BCUT2D eigenvalue weighted by Crippen LogP contribution is -2.09. The predicted octanol–water partition coefficient (Wildman–Crippen LogP) is 3.69. The van der Waals surface area contributed by atoms with Gasteiger partial charge in [-0.25, -0.2) is 0 Å². The van der Waals surface area contributed by atoms with Crippen molar-refractivity contribution in [3.63, 3.8) is 0 Å². The topological polar surface area (TPSA) is 22.0 Å². The summed E-state index contributed by atoms with van der Waals surface area (Å²) >= 11 is 0. The van der Waals surface area contributed by atoms with E-state index in [0.717, 1.165) is 30.6 Å². The number of ketones is 1. The Morgan fingerprint density at radius 1 is 1.17 bits per heavy atom. The van der Waals surface area contributed by atoms with Crippen LogP contribution in [0.25, 0.3) is 0 Å². The standard InChI is InChI=1S/C16H17NO/c1-2-3-7-12-17-13-8-11-15(17)16(18)14-9-5-4-6-10-14/h2,4-6,8-11,13H,1,3,7,12H2. The molecular weight excluding hydrogens is 222 g/mol. The molecule has 0 saturated heterocycles. The number of carbonyl (C=O) groups is 1. The van der Waals surface area contributed by atoms with Gasteiger partial charge in [-0.1, -0.05) is 36.4 Å². The Kier molecular flexibility index (Phi) is 4.13. The monoisotopic (exact) mass is 239 g/mol. The first kappa shape index (κ1) is 12.4. The van der Waals surface area contributed by atoms with Crippen LogP contribution in [-0.4, -0.2) is 10.4 Å². The summed E-state index contributed by atoms with van der Waals surface area (Å²) < 4.78 is 2.01. The molecule has 0 fully saturated rings. The number of hydrogen-bond acceptors (Lipinski definition) is 1. The van der Waals surface area contributed by atoms with Crippen LogP contribution < -0.4 is 0 Å². The van der Waals surface area contributed by atoms with E-state index < -0.39 is 0 Å². The van der Waals surface area contributed by atoms with E-state index in [2.05, 4.69) is 6.58 Å². The molecular formula is C16H17NO. The van der Waals surface area contributed by atoms with E-state index in [1.54, 1.807) is 0 Å². The molecule has 2 rings (SSSR count). The highest BCUT2D eigenvalue weighted by Crippen LogP contribution is 2.11. The van der Waals surface area contributed by atoms with Gasteiger partial charge in [-0.15, -0.1) is 6.58 Å². The lowest BCUT2D eigenvalue weighted by Gasteiger charge is -2.07. The molecule has 0 saturated carbocycles. The van der Waals surface area contributed by atoms with Crippen LogP contribution >= 0.6 is 0 Å². The number of carbonyl (C=O) groups excluding carboxylic acids is 1. The predicted molar refractivity (Wildman–Crippen MR) is 73.7 cm³/mol. The summed E-state index contributed by atoms with van der Waals surface area (Å²) in [4.78, 5) is 12.3. The van der Waals surface area contributed by atoms with Gasteiger partial charge in [0.1, 0.15) is 0 Å². The van der Waals surface area contributed by atoms with E-state index in [0.29, 0.717) is 0 Å². The van der Waals surface area contributed by atoms with Crippen LogP contribution in [-0.2, 0) is 6.54 Å². The van der Waals surface area contributed by atoms with Crippen LogP contribution in [0.5, 0.6) is 0 Å². The summed E-state index contributed by atoms with van der Waals surface area (Å²) in [5, 5.41) is 0. The van der Waals surface area contributed by atoms with E-state index in [1.165, 1.54) is 0 Å². The lowest BCUT2D eigenvalue weighted by molar-refractivity contribution is 0.103. The van der Waals surface area contributed by atoms with Crippen molar-refractivity contribution in [1.29, 1.82) is 0 Å². The number of allylic oxidation sites excluding steroid dienone is 1. The second-order valence-electron chi connectivity index (χ2n) is 4.21. The Morgan fingerprint density at radius 3 is 2.67 bits per heavy atom. The third kappa shape index (κ3) is 2.77. The van der Waals surface area contributed by atoms with Crippen LogP contribution in [0.3, 0.4) is 0 Å². The fourth-order valence-corrected chi connectivity index (χ4v) is 1.96. The van der Waals surface area contributed by atoms with Gasteiger partial charge in [0, 0.05) is 18.3 Å². The van der Waals surface area contributed by atoms with Crippen LogP contribution in [0, 0.1) is 0 Å². The van der Waals surface area contributed by atoms with E-state index >= 15 is 0 Å². The molecule has 0 spiro atoms. The number of rotatable bonds is 6. The third-order valence-electron chi connectivity index (χ3n) is 2.91. The van der Waals surface area contributed by atoms with Crippen molar-refractivity contribution in [2.24, 2.45) is 0 Å². The fraction of sp³-hybridized carbons (Fsp3) is 0.188. The Morgan fingerprint density at radius 2 is 1.94 bits per heavy atom. The Balaban J connectivity index is 2.16. The molecule has 92 valence electrons. The second-order valence-corrected chi connectivity index (χ2v) is 4.21. The van der Waals surface area contributed by atoms with Crippen molar-refractivity contribution in [2.45, 2.75) is 19.4 Å². The van der Waals surface area contributed by atoms with Gasteiger partial charge in [0.2, 0.25) is 5.78 Å². The minimum atomic E-state index is 0.0826. The number of benzene rings is 1. The highest BCUT2D eigenvalue weighted by Gasteiger charge is 2.12. The summed E-state index contributed by atoms with van der Waals surface area (Å²) in [6.07, 6.45) is 5.84. The molecule has 2 nitrogen and oxygen atoms in total. The number of aryl methyl sites for hydroxylation is 1. The SMILES string of the molecule is C=CCCCn1cccc1C(=O)c1ccccc1. The molecule has 0 radical (unpaired) electrons. The van der Waals surface area contributed by atoms with Crippen molar-refractivity contribution in [1.82, 2.24) is 4.57 Å². The minimum absolute atomic E-state index is 0.0826. The summed E-state index contributed by atoms with van der Waals surface area (Å²) in [5.41, 5.74) is 1.49. The average molecular weight is 239 g/mol. The van der Waals surface area contributed by atoms with Gasteiger partial charge in [-0.3, -0.25) is 4.79 Å². The van der Waals surface area contributed by atoms with Crippen molar-refractivity contribution >= 4 is 5.78 Å². The first-order valence-corrected chi connectivity index (χ1v) is 6.18. The molecule has 0 N–H and O–H groups in total. The zero-order chi connectivity index (χ0) is 12.8. The molecule has 0 aliphatic rings. The van der Waals surface area contributed by atoms with E-state index in [9.17, 15) is 4.79 Å². The van der Waals surface area contributed by atoms with E-state index in [4.69, 9.17) is 0 Å². The Hall–Kier alpha value is -2.09. The highest BCUT2D eigenvalue weighted by atomic mass is 16.1. The fourth-order valence-electron chi connectivity index (χ4n) is 1.96. The van der Waals surface area contributed by atoms with Crippen LogP contribution in [0.2, 0.25) is 0 Å².